The summed E-state index contributed by atoms with van der Waals surface area (Å²) >= 11 is 0. The number of amides is 1. The Balaban J connectivity index is 1.89. The molecule has 0 aromatic heterocycles. The summed E-state index contributed by atoms with van der Waals surface area (Å²) < 4.78 is 5.62. The third-order valence-electron chi connectivity index (χ3n) is 5.50. The van der Waals surface area contributed by atoms with Gasteiger partial charge >= 0.3 is 6.09 Å². The van der Waals surface area contributed by atoms with Crippen molar-refractivity contribution in [1.29, 1.82) is 0 Å². The summed E-state index contributed by atoms with van der Waals surface area (Å²) in [5.41, 5.74) is -1.07. The highest BCUT2D eigenvalue weighted by Crippen LogP contribution is 2.42. The van der Waals surface area contributed by atoms with Crippen LogP contribution < -0.4 is 0 Å². The molecule has 0 aromatic carbocycles. The number of fused-ring (bicyclic) bond motifs is 2. The second-order valence-electron chi connectivity index (χ2n) is 9.00. The highest BCUT2D eigenvalue weighted by Gasteiger charge is 2.47. The molecule has 25 heavy (non-hydrogen) atoms. The van der Waals surface area contributed by atoms with E-state index in [-0.39, 0.29) is 18.2 Å². The number of unbranched alkanes of at least 4 members (excludes halogenated alkanes) is 4. The first-order valence-electron chi connectivity index (χ1n) is 10.1. The molecule has 0 aromatic rings. The Morgan fingerprint density at radius 3 is 2.36 bits per heavy atom. The minimum atomic E-state index is -0.604. The maximum atomic E-state index is 12.6. The first kappa shape index (κ1) is 20.3. The highest BCUT2D eigenvalue weighted by atomic mass is 16.6. The van der Waals surface area contributed by atoms with Gasteiger partial charge in [-0.15, -0.1) is 6.58 Å². The molecule has 0 saturated carbocycles. The smallest absolute Gasteiger partial charge is 0.410 e. The molecule has 2 unspecified atom stereocenters. The van der Waals surface area contributed by atoms with Crippen LogP contribution in [0.5, 0.6) is 0 Å². The van der Waals surface area contributed by atoms with Crippen LogP contribution in [0.25, 0.3) is 0 Å². The molecule has 2 aliphatic heterocycles. The van der Waals surface area contributed by atoms with E-state index in [1.165, 1.54) is 19.3 Å². The Labute approximate surface area is 153 Å². The van der Waals surface area contributed by atoms with Crippen LogP contribution in [0, 0.1) is 0 Å². The topological polar surface area (TPSA) is 49.8 Å². The summed E-state index contributed by atoms with van der Waals surface area (Å²) in [6, 6.07) is 0.265. The minimum absolute atomic E-state index is 0.133. The fraction of sp³-hybridized carbons (Fsp3) is 0.857. The molecular weight excluding hydrogens is 314 g/mol. The number of ether oxygens (including phenoxy) is 1. The molecule has 2 fully saturated rings. The van der Waals surface area contributed by atoms with Crippen molar-refractivity contribution < 1.29 is 14.6 Å². The van der Waals surface area contributed by atoms with Crippen molar-refractivity contribution >= 4 is 6.09 Å². The third-order valence-corrected chi connectivity index (χ3v) is 5.50. The quantitative estimate of drug-likeness (QED) is 0.507. The van der Waals surface area contributed by atoms with Gasteiger partial charge in [0.2, 0.25) is 0 Å². The normalized spacial score (nSPS) is 29.4. The lowest BCUT2D eigenvalue weighted by atomic mass is 9.73. The van der Waals surface area contributed by atoms with Gasteiger partial charge in [-0.1, -0.05) is 25.3 Å². The van der Waals surface area contributed by atoms with Gasteiger partial charge in [0.15, 0.2) is 0 Å². The van der Waals surface area contributed by atoms with Gasteiger partial charge in [-0.3, -0.25) is 0 Å². The molecule has 1 N–H and O–H groups in total. The van der Waals surface area contributed by atoms with E-state index < -0.39 is 11.2 Å². The summed E-state index contributed by atoms with van der Waals surface area (Å²) in [6.45, 7) is 9.49. The highest BCUT2D eigenvalue weighted by molar-refractivity contribution is 5.69. The van der Waals surface area contributed by atoms with Crippen molar-refractivity contribution in [3.05, 3.63) is 12.7 Å². The fourth-order valence-electron chi connectivity index (χ4n) is 4.44. The van der Waals surface area contributed by atoms with Crippen LogP contribution in [0.2, 0.25) is 0 Å². The zero-order valence-corrected chi connectivity index (χ0v) is 16.4. The third kappa shape index (κ3) is 6.02. The van der Waals surface area contributed by atoms with Gasteiger partial charge < -0.3 is 14.7 Å². The lowest BCUT2D eigenvalue weighted by Crippen LogP contribution is -2.60. The Morgan fingerprint density at radius 2 is 1.80 bits per heavy atom. The zero-order chi connectivity index (χ0) is 18.5. The molecule has 0 aliphatic carbocycles. The van der Waals surface area contributed by atoms with E-state index in [0.29, 0.717) is 12.8 Å². The molecule has 0 spiro atoms. The van der Waals surface area contributed by atoms with E-state index in [0.717, 1.165) is 38.5 Å². The molecule has 2 aliphatic rings. The zero-order valence-electron chi connectivity index (χ0n) is 16.4. The maximum absolute atomic E-state index is 12.6. The van der Waals surface area contributed by atoms with Gasteiger partial charge in [-0.05, 0) is 72.1 Å². The summed E-state index contributed by atoms with van der Waals surface area (Å²) in [7, 11) is 0. The monoisotopic (exact) mass is 351 g/mol. The second kappa shape index (κ2) is 8.57. The summed E-state index contributed by atoms with van der Waals surface area (Å²) in [5.74, 6) is 0. The summed E-state index contributed by atoms with van der Waals surface area (Å²) in [6.07, 6.45) is 12.9. The molecule has 4 nitrogen and oxygen atoms in total. The van der Waals surface area contributed by atoms with Gasteiger partial charge in [0.1, 0.15) is 5.60 Å². The molecule has 0 radical (unpaired) electrons. The second-order valence-corrected chi connectivity index (χ2v) is 9.00. The van der Waals surface area contributed by atoms with Crippen LogP contribution in [0.4, 0.5) is 4.79 Å². The van der Waals surface area contributed by atoms with Crippen LogP contribution >= 0.6 is 0 Å². The molecule has 2 saturated heterocycles. The molecular formula is C21H37NO3. The number of hydrogen-bond donors (Lipinski definition) is 1. The molecule has 2 rings (SSSR count). The van der Waals surface area contributed by atoms with Gasteiger partial charge in [0.05, 0.1) is 5.60 Å². The first-order chi connectivity index (χ1) is 11.7. The molecule has 144 valence electrons. The number of allylic oxidation sites excluding steroid dienone is 1. The average molecular weight is 352 g/mol. The fourth-order valence-corrected chi connectivity index (χ4v) is 4.44. The SMILES string of the molecule is C=CCCCCCCC1(O)CC2CCCC(C1)N2C(=O)OC(C)(C)C. The van der Waals surface area contributed by atoms with Crippen molar-refractivity contribution in [3.8, 4) is 0 Å². The van der Waals surface area contributed by atoms with E-state index in [1.54, 1.807) is 0 Å². The maximum Gasteiger partial charge on any atom is 0.410 e. The van der Waals surface area contributed by atoms with Crippen LogP contribution in [0.3, 0.4) is 0 Å². The van der Waals surface area contributed by atoms with Crippen molar-refractivity contribution in [2.45, 2.75) is 115 Å². The van der Waals surface area contributed by atoms with Gasteiger partial charge in [-0.25, -0.2) is 4.79 Å². The predicted molar refractivity (Wildman–Crippen MR) is 102 cm³/mol. The largest absolute Gasteiger partial charge is 0.444 e. The Morgan fingerprint density at radius 1 is 1.20 bits per heavy atom. The number of carbonyl (C=O) groups is 1. The molecule has 4 heteroatoms. The Bertz CT molecular complexity index is 441. The number of piperidine rings is 2. The van der Waals surface area contributed by atoms with Crippen LogP contribution in [-0.4, -0.2) is 39.4 Å². The lowest BCUT2D eigenvalue weighted by molar-refractivity contribution is -0.0965. The number of hydrogen-bond acceptors (Lipinski definition) is 3. The van der Waals surface area contributed by atoms with Crippen molar-refractivity contribution in [2.24, 2.45) is 0 Å². The van der Waals surface area contributed by atoms with E-state index >= 15 is 0 Å². The molecule has 2 heterocycles. The van der Waals surface area contributed by atoms with E-state index in [9.17, 15) is 9.90 Å². The number of rotatable bonds is 7. The Hall–Kier alpha value is -1.03. The number of carbonyl (C=O) groups excluding carboxylic acids is 1. The molecule has 2 bridgehead atoms. The van der Waals surface area contributed by atoms with Gasteiger partial charge in [0.25, 0.3) is 0 Å². The lowest BCUT2D eigenvalue weighted by Gasteiger charge is -2.51. The van der Waals surface area contributed by atoms with Crippen molar-refractivity contribution in [1.82, 2.24) is 4.90 Å². The van der Waals surface area contributed by atoms with Crippen LogP contribution in [0.15, 0.2) is 12.7 Å². The van der Waals surface area contributed by atoms with Crippen LogP contribution in [-0.2, 0) is 4.74 Å². The predicted octanol–water partition coefficient (Wildman–Crippen LogP) is 5.20. The standard InChI is InChI=1S/C21H37NO3/c1-5-6-7-8-9-10-14-21(24)15-17-12-11-13-18(16-21)22(17)19(23)25-20(2,3)4/h5,17-18,24H,1,6-16H2,2-4H3. The van der Waals surface area contributed by atoms with Gasteiger partial charge in [-0.2, -0.15) is 0 Å². The number of aliphatic hydroxyl groups is 1. The van der Waals surface area contributed by atoms with Crippen molar-refractivity contribution in [2.75, 3.05) is 0 Å². The average Bonchev–Trinajstić information content (AvgIpc) is 2.48. The molecule has 1 amide bonds. The Kier molecular flexibility index (Phi) is 6.95. The van der Waals surface area contributed by atoms with Crippen LogP contribution in [0.1, 0.15) is 91.4 Å². The molecule has 2 atom stereocenters. The van der Waals surface area contributed by atoms with E-state index in [1.807, 2.05) is 31.7 Å². The van der Waals surface area contributed by atoms with E-state index in [4.69, 9.17) is 4.74 Å². The first-order valence-corrected chi connectivity index (χ1v) is 10.1. The minimum Gasteiger partial charge on any atom is -0.444 e. The van der Waals surface area contributed by atoms with Gasteiger partial charge in [0, 0.05) is 12.1 Å². The summed E-state index contributed by atoms with van der Waals surface area (Å²) in [5, 5.41) is 11.1. The number of nitrogens with zero attached hydrogens (tertiary/aromatic N) is 1. The van der Waals surface area contributed by atoms with Crippen molar-refractivity contribution in [3.63, 3.8) is 0 Å². The summed E-state index contributed by atoms with van der Waals surface area (Å²) in [4.78, 5) is 14.6. The van der Waals surface area contributed by atoms with E-state index in [2.05, 4.69) is 6.58 Å².